The Kier molecular flexibility index (Phi) is 4.39. The molecular weight excluding hydrogens is 304 g/mol. The summed E-state index contributed by atoms with van der Waals surface area (Å²) in [6, 6.07) is 0.289. The van der Waals surface area contributed by atoms with Gasteiger partial charge in [-0.1, -0.05) is 19.3 Å². The van der Waals surface area contributed by atoms with Crippen molar-refractivity contribution >= 4 is 11.0 Å². The van der Waals surface area contributed by atoms with Crippen LogP contribution >= 0.6 is 0 Å². The lowest BCUT2D eigenvalue weighted by atomic mass is 9.89. The summed E-state index contributed by atoms with van der Waals surface area (Å²) in [5.74, 6) is 1.42. The molecule has 2 aromatic heterocycles. The quantitative estimate of drug-likeness (QED) is 0.868. The monoisotopic (exact) mass is 330 g/mol. The van der Waals surface area contributed by atoms with Crippen LogP contribution in [0.2, 0.25) is 0 Å². The third-order valence-electron chi connectivity index (χ3n) is 5.61. The number of aryl methyl sites for hydroxylation is 1. The van der Waals surface area contributed by atoms with Gasteiger partial charge < -0.3 is 4.74 Å². The Hall–Kier alpha value is -1.69. The topological polar surface area (TPSA) is 61.9 Å². The Bertz CT molecular complexity index is 767. The number of ether oxygens (including phenoxy) is 1. The summed E-state index contributed by atoms with van der Waals surface area (Å²) in [7, 11) is 0. The Morgan fingerprint density at radius 2 is 1.92 bits per heavy atom. The molecule has 4 rings (SSSR count). The van der Waals surface area contributed by atoms with Crippen molar-refractivity contribution in [3.8, 4) is 0 Å². The Balaban J connectivity index is 1.68. The largest absolute Gasteiger partial charge is 0.381 e. The van der Waals surface area contributed by atoms with Crippen molar-refractivity contribution in [1.29, 1.82) is 0 Å². The van der Waals surface area contributed by atoms with Gasteiger partial charge in [-0.15, -0.1) is 0 Å². The smallest absolute Gasteiger partial charge is 0.264 e. The van der Waals surface area contributed by atoms with Crippen molar-refractivity contribution in [2.24, 2.45) is 5.92 Å². The molecule has 0 aromatic carbocycles. The SMILES string of the molecule is Cc1nc2c(cnn2C2CCOCC2)c(=O)n1CC1CCCCC1. The summed E-state index contributed by atoms with van der Waals surface area (Å²) in [4.78, 5) is 17.7. The van der Waals surface area contributed by atoms with Gasteiger partial charge in [0, 0.05) is 19.8 Å². The van der Waals surface area contributed by atoms with Crippen LogP contribution in [-0.2, 0) is 11.3 Å². The minimum Gasteiger partial charge on any atom is -0.381 e. The standard InChI is InChI=1S/C18H26N4O2/c1-13-20-17-16(11-19-22(17)15-7-9-24-10-8-15)18(23)21(13)12-14-5-3-2-4-6-14/h11,14-15H,2-10,12H2,1H3. The molecule has 6 nitrogen and oxygen atoms in total. The molecule has 0 N–H and O–H groups in total. The first-order valence-corrected chi connectivity index (χ1v) is 9.26. The highest BCUT2D eigenvalue weighted by Gasteiger charge is 2.22. The average Bonchev–Trinajstić information content (AvgIpc) is 3.04. The van der Waals surface area contributed by atoms with E-state index in [1.165, 1.54) is 32.1 Å². The van der Waals surface area contributed by atoms with Gasteiger partial charge in [-0.3, -0.25) is 9.36 Å². The van der Waals surface area contributed by atoms with E-state index in [2.05, 4.69) is 5.10 Å². The number of fused-ring (bicyclic) bond motifs is 1. The maximum atomic E-state index is 13.0. The molecule has 130 valence electrons. The Morgan fingerprint density at radius 3 is 2.67 bits per heavy atom. The molecule has 0 spiro atoms. The average molecular weight is 330 g/mol. The van der Waals surface area contributed by atoms with Gasteiger partial charge in [0.25, 0.3) is 5.56 Å². The predicted octanol–water partition coefficient (Wildman–Crippen LogP) is 2.83. The van der Waals surface area contributed by atoms with Gasteiger partial charge in [-0.2, -0.15) is 5.10 Å². The number of aromatic nitrogens is 4. The summed E-state index contributed by atoms with van der Waals surface area (Å²) in [6.07, 6.45) is 9.93. The van der Waals surface area contributed by atoms with E-state index in [1.54, 1.807) is 6.20 Å². The van der Waals surface area contributed by atoms with Crippen LogP contribution in [0.1, 0.15) is 56.8 Å². The molecule has 0 unspecified atom stereocenters. The molecule has 1 saturated carbocycles. The molecule has 1 aliphatic heterocycles. The maximum absolute atomic E-state index is 13.0. The van der Waals surface area contributed by atoms with Gasteiger partial charge >= 0.3 is 0 Å². The summed E-state index contributed by atoms with van der Waals surface area (Å²) in [5.41, 5.74) is 0.811. The fourth-order valence-electron chi connectivity index (χ4n) is 4.16. The van der Waals surface area contributed by atoms with E-state index in [4.69, 9.17) is 9.72 Å². The molecule has 0 amide bonds. The second-order valence-electron chi connectivity index (χ2n) is 7.25. The summed E-state index contributed by atoms with van der Waals surface area (Å²) >= 11 is 0. The van der Waals surface area contributed by atoms with Crippen LogP contribution in [0.15, 0.2) is 11.0 Å². The van der Waals surface area contributed by atoms with Crippen molar-refractivity contribution in [1.82, 2.24) is 19.3 Å². The minimum absolute atomic E-state index is 0.0707. The van der Waals surface area contributed by atoms with E-state index in [0.717, 1.165) is 44.1 Å². The van der Waals surface area contributed by atoms with Gasteiger partial charge in [0.15, 0.2) is 5.65 Å². The lowest BCUT2D eigenvalue weighted by molar-refractivity contribution is 0.0673. The number of rotatable bonds is 3. The normalized spacial score (nSPS) is 20.7. The molecule has 2 aliphatic rings. The lowest BCUT2D eigenvalue weighted by Crippen LogP contribution is -2.28. The molecule has 0 atom stereocenters. The van der Waals surface area contributed by atoms with Crippen molar-refractivity contribution < 1.29 is 4.74 Å². The van der Waals surface area contributed by atoms with E-state index in [0.29, 0.717) is 11.3 Å². The van der Waals surface area contributed by atoms with Crippen LogP contribution < -0.4 is 5.56 Å². The van der Waals surface area contributed by atoms with Gasteiger partial charge in [-0.05, 0) is 38.5 Å². The van der Waals surface area contributed by atoms with E-state index in [9.17, 15) is 4.79 Å². The summed E-state index contributed by atoms with van der Waals surface area (Å²) < 4.78 is 9.24. The number of hydrogen-bond donors (Lipinski definition) is 0. The van der Waals surface area contributed by atoms with E-state index < -0.39 is 0 Å². The molecule has 2 fully saturated rings. The molecular formula is C18H26N4O2. The molecule has 1 saturated heterocycles. The van der Waals surface area contributed by atoms with Crippen molar-refractivity contribution in [3.63, 3.8) is 0 Å². The van der Waals surface area contributed by atoms with Crippen LogP contribution in [0.3, 0.4) is 0 Å². The zero-order valence-electron chi connectivity index (χ0n) is 14.4. The van der Waals surface area contributed by atoms with Crippen LogP contribution in [0.5, 0.6) is 0 Å². The fraction of sp³-hybridized carbons (Fsp3) is 0.722. The van der Waals surface area contributed by atoms with Crippen LogP contribution in [0.25, 0.3) is 11.0 Å². The van der Waals surface area contributed by atoms with Crippen LogP contribution in [0, 0.1) is 12.8 Å². The molecule has 1 aliphatic carbocycles. The molecule has 6 heteroatoms. The highest BCUT2D eigenvalue weighted by atomic mass is 16.5. The second kappa shape index (κ2) is 6.67. The molecule has 0 radical (unpaired) electrons. The van der Waals surface area contributed by atoms with Gasteiger partial charge in [-0.25, -0.2) is 9.67 Å². The second-order valence-corrected chi connectivity index (χ2v) is 7.25. The highest BCUT2D eigenvalue weighted by Crippen LogP contribution is 2.26. The van der Waals surface area contributed by atoms with Gasteiger partial charge in [0.2, 0.25) is 0 Å². The van der Waals surface area contributed by atoms with E-state index in [1.807, 2.05) is 16.2 Å². The van der Waals surface area contributed by atoms with Gasteiger partial charge in [0.05, 0.1) is 12.2 Å². The zero-order chi connectivity index (χ0) is 16.5. The first-order chi connectivity index (χ1) is 11.7. The zero-order valence-corrected chi connectivity index (χ0v) is 14.4. The number of nitrogens with zero attached hydrogens (tertiary/aromatic N) is 4. The van der Waals surface area contributed by atoms with Crippen LogP contribution in [-0.4, -0.2) is 32.5 Å². The molecule has 2 aromatic rings. The van der Waals surface area contributed by atoms with Crippen molar-refractivity contribution in [2.75, 3.05) is 13.2 Å². The maximum Gasteiger partial charge on any atom is 0.264 e. The summed E-state index contributed by atoms with van der Waals surface area (Å²) in [5, 5.41) is 5.15. The molecule has 3 heterocycles. The fourth-order valence-corrected chi connectivity index (χ4v) is 4.16. The first kappa shape index (κ1) is 15.8. The summed E-state index contributed by atoms with van der Waals surface area (Å²) in [6.45, 7) is 4.26. The number of hydrogen-bond acceptors (Lipinski definition) is 4. The minimum atomic E-state index is 0.0707. The van der Waals surface area contributed by atoms with E-state index >= 15 is 0 Å². The molecule has 24 heavy (non-hydrogen) atoms. The predicted molar refractivity (Wildman–Crippen MR) is 92.2 cm³/mol. The first-order valence-electron chi connectivity index (χ1n) is 9.26. The van der Waals surface area contributed by atoms with Crippen molar-refractivity contribution in [3.05, 3.63) is 22.4 Å². The lowest BCUT2D eigenvalue weighted by Gasteiger charge is -2.24. The third-order valence-corrected chi connectivity index (χ3v) is 5.61. The Labute approximate surface area is 141 Å². The molecule has 0 bridgehead atoms. The third kappa shape index (κ3) is 2.88. The van der Waals surface area contributed by atoms with Gasteiger partial charge in [0.1, 0.15) is 11.2 Å². The van der Waals surface area contributed by atoms with E-state index in [-0.39, 0.29) is 11.6 Å². The van der Waals surface area contributed by atoms with Crippen molar-refractivity contribution in [2.45, 2.75) is 64.5 Å². The highest BCUT2D eigenvalue weighted by molar-refractivity contribution is 5.73. The Morgan fingerprint density at radius 1 is 1.17 bits per heavy atom. The van der Waals surface area contributed by atoms with Crippen LogP contribution in [0.4, 0.5) is 0 Å².